The number of carbonyl (C=O) groups is 1. The molecule has 1 amide bonds. The van der Waals surface area contributed by atoms with E-state index in [-0.39, 0.29) is 24.0 Å². The van der Waals surface area contributed by atoms with Crippen LogP contribution in [0.5, 0.6) is 5.75 Å². The number of aromatic nitrogens is 1. The topological polar surface area (TPSA) is 85.6 Å². The molecular formula is C20H19N3O4S. The fourth-order valence-electron chi connectivity index (χ4n) is 3.40. The maximum absolute atomic E-state index is 12.5. The van der Waals surface area contributed by atoms with Crippen LogP contribution >= 0.6 is 11.3 Å². The lowest BCUT2D eigenvalue weighted by molar-refractivity contribution is -0.385. The molecule has 1 saturated heterocycles. The average molecular weight is 397 g/mol. The predicted molar refractivity (Wildman–Crippen MR) is 107 cm³/mol. The third-order valence-corrected chi connectivity index (χ3v) is 6.12. The number of nitrogens with zero attached hydrogens (tertiary/aromatic N) is 3. The van der Waals surface area contributed by atoms with Gasteiger partial charge in [0, 0.05) is 25.1 Å². The Labute approximate surface area is 165 Å². The number of carbonyl (C=O) groups excluding carboxylic acids is 1. The van der Waals surface area contributed by atoms with Crippen LogP contribution in [0.2, 0.25) is 0 Å². The summed E-state index contributed by atoms with van der Waals surface area (Å²) in [6.45, 7) is 1.08. The Morgan fingerprint density at radius 3 is 2.64 bits per heavy atom. The molecule has 1 aromatic heterocycles. The summed E-state index contributed by atoms with van der Waals surface area (Å²) in [7, 11) is 0. The summed E-state index contributed by atoms with van der Waals surface area (Å²) >= 11 is 1.72. The zero-order valence-corrected chi connectivity index (χ0v) is 15.9. The molecule has 7 nitrogen and oxygen atoms in total. The number of ether oxygens (including phenoxy) is 1. The first-order valence-corrected chi connectivity index (χ1v) is 9.93. The fourth-order valence-corrected chi connectivity index (χ4v) is 4.54. The third-order valence-electron chi connectivity index (χ3n) is 4.92. The van der Waals surface area contributed by atoms with Gasteiger partial charge in [-0.15, -0.1) is 11.3 Å². The largest absolute Gasteiger partial charge is 0.477 e. The molecule has 2 aromatic carbocycles. The van der Waals surface area contributed by atoms with E-state index in [0.29, 0.717) is 19.0 Å². The van der Waals surface area contributed by atoms with Crippen LogP contribution in [-0.2, 0) is 4.79 Å². The summed E-state index contributed by atoms with van der Waals surface area (Å²) in [5.41, 5.74) is 0.892. The highest BCUT2D eigenvalue weighted by atomic mass is 32.1. The molecule has 1 aliphatic heterocycles. The number of likely N-dealkylation sites (tertiary alicyclic amines) is 1. The van der Waals surface area contributed by atoms with Crippen molar-refractivity contribution in [2.24, 2.45) is 0 Å². The minimum absolute atomic E-state index is 0.116. The molecule has 0 aliphatic carbocycles. The van der Waals surface area contributed by atoms with E-state index in [9.17, 15) is 14.9 Å². The molecule has 0 N–H and O–H groups in total. The van der Waals surface area contributed by atoms with Gasteiger partial charge in [-0.25, -0.2) is 4.98 Å². The Morgan fingerprint density at radius 2 is 1.89 bits per heavy atom. The van der Waals surface area contributed by atoms with Crippen LogP contribution in [0.4, 0.5) is 5.69 Å². The Bertz CT molecular complexity index is 978. The summed E-state index contributed by atoms with van der Waals surface area (Å²) in [5.74, 6) is 0.323. The Kier molecular flexibility index (Phi) is 5.21. The number of hydrogen-bond donors (Lipinski definition) is 0. The van der Waals surface area contributed by atoms with Gasteiger partial charge in [0.1, 0.15) is 0 Å². The number of piperidine rings is 1. The quantitative estimate of drug-likeness (QED) is 0.480. The first-order valence-electron chi connectivity index (χ1n) is 9.11. The van der Waals surface area contributed by atoms with E-state index < -0.39 is 4.92 Å². The van der Waals surface area contributed by atoms with E-state index in [1.54, 1.807) is 28.4 Å². The summed E-state index contributed by atoms with van der Waals surface area (Å²) in [6, 6.07) is 14.2. The number of benzene rings is 2. The van der Waals surface area contributed by atoms with Gasteiger partial charge in [-0.1, -0.05) is 24.3 Å². The fraction of sp³-hybridized carbons (Fsp3) is 0.300. The van der Waals surface area contributed by atoms with Gasteiger partial charge in [0.2, 0.25) is 0 Å². The lowest BCUT2D eigenvalue weighted by Gasteiger charge is -2.31. The third kappa shape index (κ3) is 3.82. The number of para-hydroxylation sites is 3. The van der Waals surface area contributed by atoms with E-state index >= 15 is 0 Å². The standard InChI is InChI=1S/C20H19N3O4S/c24-19(13-27-17-7-3-2-6-16(17)23(25)26)22-11-9-14(10-12-22)20-21-15-5-1-4-8-18(15)28-20/h1-8,14H,9-13H2. The maximum atomic E-state index is 12.5. The molecule has 3 aromatic rings. The van der Waals surface area contributed by atoms with Gasteiger partial charge in [-0.2, -0.15) is 0 Å². The average Bonchev–Trinajstić information content (AvgIpc) is 3.16. The first-order chi connectivity index (χ1) is 13.6. The second kappa shape index (κ2) is 7.93. The Hall–Kier alpha value is -3.00. The van der Waals surface area contributed by atoms with Crippen molar-refractivity contribution >= 4 is 33.1 Å². The lowest BCUT2D eigenvalue weighted by Crippen LogP contribution is -2.40. The molecule has 28 heavy (non-hydrogen) atoms. The van der Waals surface area contributed by atoms with Crippen molar-refractivity contribution in [2.75, 3.05) is 19.7 Å². The highest BCUT2D eigenvalue weighted by Gasteiger charge is 2.26. The van der Waals surface area contributed by atoms with Crippen LogP contribution < -0.4 is 4.74 Å². The van der Waals surface area contributed by atoms with Crippen molar-refractivity contribution in [1.82, 2.24) is 9.88 Å². The van der Waals surface area contributed by atoms with Gasteiger partial charge in [-0.05, 0) is 31.0 Å². The summed E-state index contributed by atoms with van der Waals surface area (Å²) < 4.78 is 6.61. The highest BCUT2D eigenvalue weighted by molar-refractivity contribution is 7.18. The SMILES string of the molecule is O=C(COc1ccccc1[N+](=O)[O-])N1CCC(c2nc3ccccc3s2)CC1. The van der Waals surface area contributed by atoms with Crippen molar-refractivity contribution in [3.63, 3.8) is 0 Å². The zero-order chi connectivity index (χ0) is 19.5. The molecule has 1 fully saturated rings. The molecular weight excluding hydrogens is 378 g/mol. The number of nitro benzene ring substituents is 1. The second-order valence-corrected chi connectivity index (χ2v) is 7.75. The number of rotatable bonds is 5. The Balaban J connectivity index is 1.33. The van der Waals surface area contributed by atoms with Crippen LogP contribution in [0.3, 0.4) is 0 Å². The number of fused-ring (bicyclic) bond motifs is 1. The number of thiazole rings is 1. The van der Waals surface area contributed by atoms with Crippen LogP contribution in [0.25, 0.3) is 10.2 Å². The summed E-state index contributed by atoms with van der Waals surface area (Å²) in [6.07, 6.45) is 1.72. The molecule has 0 unspecified atom stereocenters. The van der Waals surface area contributed by atoms with Crippen LogP contribution in [-0.4, -0.2) is 40.4 Å². The molecule has 0 saturated carbocycles. The monoisotopic (exact) mass is 397 g/mol. The predicted octanol–water partition coefficient (Wildman–Crippen LogP) is 3.99. The molecule has 0 atom stereocenters. The summed E-state index contributed by atoms with van der Waals surface area (Å²) in [5, 5.41) is 12.2. The van der Waals surface area contributed by atoms with Crippen molar-refractivity contribution in [3.05, 3.63) is 63.7 Å². The Morgan fingerprint density at radius 1 is 1.18 bits per heavy atom. The van der Waals surface area contributed by atoms with Crippen LogP contribution in [0, 0.1) is 10.1 Å². The molecule has 8 heteroatoms. The van der Waals surface area contributed by atoms with Crippen molar-refractivity contribution in [2.45, 2.75) is 18.8 Å². The van der Waals surface area contributed by atoms with Crippen molar-refractivity contribution in [3.8, 4) is 5.75 Å². The van der Waals surface area contributed by atoms with Gasteiger partial charge < -0.3 is 9.64 Å². The number of nitro groups is 1. The molecule has 144 valence electrons. The number of amides is 1. The molecule has 4 rings (SSSR count). The van der Waals surface area contributed by atoms with Gasteiger partial charge in [0.25, 0.3) is 5.91 Å². The minimum Gasteiger partial charge on any atom is -0.477 e. The van der Waals surface area contributed by atoms with Crippen LogP contribution in [0.15, 0.2) is 48.5 Å². The van der Waals surface area contributed by atoms with E-state index in [1.165, 1.54) is 16.8 Å². The number of hydrogen-bond acceptors (Lipinski definition) is 6. The second-order valence-electron chi connectivity index (χ2n) is 6.69. The normalized spacial score (nSPS) is 14.9. The van der Waals surface area contributed by atoms with E-state index in [1.807, 2.05) is 18.2 Å². The maximum Gasteiger partial charge on any atom is 0.310 e. The van der Waals surface area contributed by atoms with Crippen molar-refractivity contribution in [1.29, 1.82) is 0 Å². The smallest absolute Gasteiger partial charge is 0.310 e. The molecule has 0 radical (unpaired) electrons. The van der Waals surface area contributed by atoms with Crippen LogP contribution in [0.1, 0.15) is 23.8 Å². The van der Waals surface area contributed by atoms with E-state index in [4.69, 9.17) is 9.72 Å². The van der Waals surface area contributed by atoms with Gasteiger partial charge in [0.05, 0.1) is 20.1 Å². The van der Waals surface area contributed by atoms with E-state index in [2.05, 4.69) is 6.07 Å². The summed E-state index contributed by atoms with van der Waals surface area (Å²) in [4.78, 5) is 29.5. The minimum atomic E-state index is -0.511. The molecule has 0 spiro atoms. The molecule has 2 heterocycles. The van der Waals surface area contributed by atoms with Gasteiger partial charge in [-0.3, -0.25) is 14.9 Å². The van der Waals surface area contributed by atoms with E-state index in [0.717, 1.165) is 23.4 Å². The van der Waals surface area contributed by atoms with Gasteiger partial charge >= 0.3 is 5.69 Å². The first kappa shape index (κ1) is 18.4. The van der Waals surface area contributed by atoms with Gasteiger partial charge in [0.15, 0.2) is 12.4 Å². The highest BCUT2D eigenvalue weighted by Crippen LogP contribution is 2.34. The zero-order valence-electron chi connectivity index (χ0n) is 15.1. The molecule has 1 aliphatic rings. The van der Waals surface area contributed by atoms with Crippen molar-refractivity contribution < 1.29 is 14.5 Å². The lowest BCUT2D eigenvalue weighted by atomic mass is 9.97. The molecule has 0 bridgehead atoms.